The molecule has 3 amide bonds. The highest BCUT2D eigenvalue weighted by Crippen LogP contribution is 2.39. The molecular weight excluding hydrogens is 579 g/mol. The molecule has 43 heavy (non-hydrogen) atoms. The van der Waals surface area contributed by atoms with E-state index in [2.05, 4.69) is 15.4 Å². The molecule has 2 atom stereocenters. The molecule has 4 rings (SSSR count). The molecule has 1 fully saturated rings. The second-order valence-corrected chi connectivity index (χ2v) is 11.1. The van der Waals surface area contributed by atoms with Gasteiger partial charge in [0.05, 0.1) is 24.5 Å². The van der Waals surface area contributed by atoms with Crippen molar-refractivity contribution in [2.75, 3.05) is 26.2 Å². The molecular formula is C28H31F5N6O4. The number of aromatic nitrogens is 1. The number of hydrogen-bond acceptors (Lipinski definition) is 7. The van der Waals surface area contributed by atoms with Crippen molar-refractivity contribution in [2.45, 2.75) is 51.1 Å². The van der Waals surface area contributed by atoms with Crippen LogP contribution in [-0.4, -0.2) is 82.3 Å². The molecule has 1 saturated heterocycles. The first-order valence-corrected chi connectivity index (χ1v) is 13.4. The van der Waals surface area contributed by atoms with Gasteiger partial charge in [0.1, 0.15) is 29.6 Å². The van der Waals surface area contributed by atoms with Gasteiger partial charge in [-0.3, -0.25) is 19.4 Å². The Morgan fingerprint density at radius 2 is 1.93 bits per heavy atom. The number of alkyl halides is 3. The Morgan fingerprint density at radius 1 is 1.19 bits per heavy atom. The van der Waals surface area contributed by atoms with E-state index in [1.165, 1.54) is 31.0 Å². The van der Waals surface area contributed by atoms with Crippen LogP contribution in [0.3, 0.4) is 0 Å². The zero-order chi connectivity index (χ0) is 31.6. The first kappa shape index (κ1) is 31.9. The zero-order valence-electron chi connectivity index (χ0n) is 23.5. The Bertz CT molecular complexity index is 1400. The lowest BCUT2D eigenvalue weighted by Gasteiger charge is -2.40. The van der Waals surface area contributed by atoms with Crippen molar-refractivity contribution in [3.8, 4) is 0 Å². The fraction of sp³-hybridized carbons (Fsp3) is 0.464. The molecule has 3 N–H and O–H groups in total. The van der Waals surface area contributed by atoms with Crippen LogP contribution < -0.4 is 11.1 Å². The average molecular weight is 611 g/mol. The number of fused-ring (bicyclic) bond motifs is 1. The molecule has 2 aliphatic rings. The Kier molecular flexibility index (Phi) is 9.16. The number of carbonyl (C=O) groups excluding carboxylic acids is 3. The monoisotopic (exact) mass is 610 g/mol. The quantitative estimate of drug-likeness (QED) is 0.398. The minimum atomic E-state index is -4.71. The number of rotatable bonds is 10. The molecule has 15 heteroatoms. The number of benzene rings is 1. The lowest BCUT2D eigenvalue weighted by molar-refractivity contribution is -0.164. The number of nitrogens with one attached hydrogen (secondary N) is 1. The molecule has 0 saturated carbocycles. The smallest absolute Gasteiger partial charge is 0.374 e. The van der Waals surface area contributed by atoms with E-state index < -0.39 is 65.7 Å². The van der Waals surface area contributed by atoms with Gasteiger partial charge in [-0.2, -0.15) is 18.3 Å². The topological polar surface area (TPSA) is 130 Å². The minimum absolute atomic E-state index is 0.00697. The molecule has 2 aliphatic heterocycles. The third-order valence-corrected chi connectivity index (χ3v) is 7.11. The molecule has 0 radical (unpaired) electrons. The maximum atomic E-state index is 14.1. The van der Waals surface area contributed by atoms with Gasteiger partial charge >= 0.3 is 6.18 Å². The van der Waals surface area contributed by atoms with Gasteiger partial charge in [0.2, 0.25) is 11.8 Å². The fourth-order valence-corrected chi connectivity index (χ4v) is 4.93. The van der Waals surface area contributed by atoms with E-state index in [0.717, 1.165) is 6.07 Å². The highest BCUT2D eigenvalue weighted by atomic mass is 19.4. The molecule has 1 unspecified atom stereocenters. The number of nitrogens with two attached hydrogens (primary N) is 1. The standard InChI is InChI=1S/C28H31F5N6O4/c1-26(2,34)24(41)36-21(14-43-13-17-6-7-18(29)11-20(17)30)23(40)38-10-8-22-27(15-38,12-19-5-3-4-9-35-19)25(42)39(37-22)16-28(31,32)33/h3-7,9,11,21H,8,10,12-16,34H2,1-2H3,(H,36,41)/t21-,27?/m1/s1. The lowest BCUT2D eigenvalue weighted by Crippen LogP contribution is -2.62. The average Bonchev–Trinajstić information content (AvgIpc) is 3.17. The summed E-state index contributed by atoms with van der Waals surface area (Å²) in [5.74, 6) is -3.97. The molecule has 10 nitrogen and oxygen atoms in total. The van der Waals surface area contributed by atoms with Crippen LogP contribution in [0.1, 0.15) is 31.5 Å². The summed E-state index contributed by atoms with van der Waals surface area (Å²) >= 11 is 0. The molecule has 1 aromatic heterocycles. The molecule has 0 aliphatic carbocycles. The Morgan fingerprint density at radius 3 is 2.56 bits per heavy atom. The number of carbonyl (C=O) groups is 3. The first-order chi connectivity index (χ1) is 20.1. The van der Waals surface area contributed by atoms with Crippen molar-refractivity contribution in [1.82, 2.24) is 20.2 Å². The number of ether oxygens (including phenoxy) is 1. The maximum absolute atomic E-state index is 14.1. The predicted octanol–water partition coefficient (Wildman–Crippen LogP) is 2.32. The van der Waals surface area contributed by atoms with Gasteiger partial charge in [0.25, 0.3) is 5.91 Å². The maximum Gasteiger partial charge on any atom is 0.408 e. The third-order valence-electron chi connectivity index (χ3n) is 7.11. The highest BCUT2D eigenvalue weighted by molar-refractivity contribution is 6.13. The number of pyridine rings is 1. The predicted molar refractivity (Wildman–Crippen MR) is 143 cm³/mol. The lowest BCUT2D eigenvalue weighted by atomic mass is 9.74. The second-order valence-electron chi connectivity index (χ2n) is 11.1. The van der Waals surface area contributed by atoms with Crippen LogP contribution in [0.5, 0.6) is 0 Å². The van der Waals surface area contributed by atoms with Gasteiger partial charge in [0.15, 0.2) is 0 Å². The van der Waals surface area contributed by atoms with Crippen LogP contribution in [0.2, 0.25) is 0 Å². The van der Waals surface area contributed by atoms with Gasteiger partial charge in [-0.05, 0) is 32.0 Å². The van der Waals surface area contributed by atoms with Crippen LogP contribution in [0.15, 0.2) is 47.7 Å². The van der Waals surface area contributed by atoms with Crippen molar-refractivity contribution in [3.63, 3.8) is 0 Å². The van der Waals surface area contributed by atoms with Gasteiger partial charge in [-0.1, -0.05) is 12.1 Å². The summed E-state index contributed by atoms with van der Waals surface area (Å²) in [6.45, 7) is 0.0803. The van der Waals surface area contributed by atoms with E-state index in [-0.39, 0.29) is 43.8 Å². The molecule has 2 aromatic rings. The van der Waals surface area contributed by atoms with Crippen LogP contribution >= 0.6 is 0 Å². The number of hydrazone groups is 1. The van der Waals surface area contributed by atoms with Gasteiger partial charge in [0, 0.05) is 49.5 Å². The van der Waals surface area contributed by atoms with E-state index >= 15 is 0 Å². The second kappa shape index (κ2) is 12.3. The Labute approximate surface area is 244 Å². The van der Waals surface area contributed by atoms with E-state index in [0.29, 0.717) is 16.8 Å². The molecule has 0 bridgehead atoms. The van der Waals surface area contributed by atoms with Crippen LogP contribution in [0, 0.1) is 17.0 Å². The van der Waals surface area contributed by atoms with Crippen LogP contribution in [0.25, 0.3) is 0 Å². The van der Waals surface area contributed by atoms with E-state index in [9.17, 15) is 36.3 Å². The van der Waals surface area contributed by atoms with Crippen LogP contribution in [-0.2, 0) is 32.1 Å². The summed E-state index contributed by atoms with van der Waals surface area (Å²) < 4.78 is 72.7. The van der Waals surface area contributed by atoms with Crippen LogP contribution in [0.4, 0.5) is 22.0 Å². The summed E-state index contributed by atoms with van der Waals surface area (Å²) in [4.78, 5) is 45.6. The van der Waals surface area contributed by atoms with E-state index in [1.54, 1.807) is 18.2 Å². The van der Waals surface area contributed by atoms with Crippen molar-refractivity contribution >= 4 is 23.4 Å². The van der Waals surface area contributed by atoms with Gasteiger partial charge in [-0.15, -0.1) is 0 Å². The molecule has 0 spiro atoms. The first-order valence-electron chi connectivity index (χ1n) is 13.4. The fourth-order valence-electron chi connectivity index (χ4n) is 4.93. The van der Waals surface area contributed by atoms with Gasteiger partial charge in [-0.25, -0.2) is 13.8 Å². The zero-order valence-corrected chi connectivity index (χ0v) is 23.5. The summed E-state index contributed by atoms with van der Waals surface area (Å²) in [5.41, 5.74) is 3.49. The minimum Gasteiger partial charge on any atom is -0.374 e. The van der Waals surface area contributed by atoms with Crippen molar-refractivity contribution in [3.05, 3.63) is 65.5 Å². The molecule has 1 aromatic carbocycles. The third kappa shape index (κ3) is 7.51. The number of hydrogen-bond donors (Lipinski definition) is 2. The molecule has 3 heterocycles. The Hall–Kier alpha value is -3.98. The number of likely N-dealkylation sites (tertiary alicyclic amines) is 1. The number of amides is 3. The van der Waals surface area contributed by atoms with E-state index in [1.807, 2.05) is 0 Å². The normalized spacial score (nSPS) is 19.6. The highest BCUT2D eigenvalue weighted by Gasteiger charge is 2.56. The van der Waals surface area contributed by atoms with E-state index in [4.69, 9.17) is 10.5 Å². The van der Waals surface area contributed by atoms with Crippen molar-refractivity contribution < 1.29 is 41.1 Å². The summed E-state index contributed by atoms with van der Waals surface area (Å²) in [5, 5.41) is 6.90. The van der Waals surface area contributed by atoms with Crippen molar-refractivity contribution in [1.29, 1.82) is 0 Å². The summed E-state index contributed by atoms with van der Waals surface area (Å²) in [6.07, 6.45) is -3.36. The number of piperidine rings is 1. The number of nitrogens with zero attached hydrogens (tertiary/aromatic N) is 4. The number of halogens is 5. The Balaban J connectivity index is 1.59. The largest absolute Gasteiger partial charge is 0.408 e. The molecule has 232 valence electrons. The van der Waals surface area contributed by atoms with Crippen molar-refractivity contribution in [2.24, 2.45) is 16.3 Å². The SMILES string of the molecule is CC(C)(N)C(=O)N[C@H](COCc1ccc(F)cc1F)C(=O)N1CCC2=NN(CC(F)(F)F)C(=O)C2(Cc2ccccn2)C1. The summed E-state index contributed by atoms with van der Waals surface area (Å²) in [7, 11) is 0. The van der Waals surface area contributed by atoms with Gasteiger partial charge < -0.3 is 20.7 Å². The summed E-state index contributed by atoms with van der Waals surface area (Å²) in [6, 6.07) is 6.45.